The summed E-state index contributed by atoms with van der Waals surface area (Å²) in [7, 11) is -2.57. The van der Waals surface area contributed by atoms with E-state index in [-0.39, 0.29) is 16.1 Å². The maximum Gasteiger partial charge on any atom is 0.405 e. The monoisotopic (exact) mass is 402 g/mol. The normalized spacial score (nSPS) is 11.7. The number of amides is 1. The molecule has 0 heterocycles. The number of nitrogens with one attached hydrogen (secondary N) is 2. The molecule has 0 atom stereocenters. The number of hydrogen-bond acceptors (Lipinski definition) is 4. The lowest BCUT2D eigenvalue weighted by molar-refractivity contribution is -0.123. The molecule has 2 aromatic carbocycles. The Morgan fingerprint density at radius 1 is 1.11 bits per heavy atom. The Balaban J connectivity index is 2.17. The molecule has 6 nitrogen and oxygen atoms in total. The molecule has 27 heavy (non-hydrogen) atoms. The molecule has 0 unspecified atom stereocenters. The smallest absolute Gasteiger partial charge is 0.405 e. The number of rotatable bonds is 6. The number of hydrogen-bond donors (Lipinski definition) is 2. The molecule has 0 aliphatic heterocycles. The number of sulfonamides is 1. The average Bonchev–Trinajstić information content (AvgIpc) is 2.60. The van der Waals surface area contributed by atoms with Gasteiger partial charge in [-0.05, 0) is 48.9 Å². The van der Waals surface area contributed by atoms with E-state index in [1.54, 1.807) is 23.5 Å². The van der Waals surface area contributed by atoms with Gasteiger partial charge in [0.05, 0.1) is 17.7 Å². The van der Waals surface area contributed by atoms with Gasteiger partial charge in [-0.1, -0.05) is 6.07 Å². The van der Waals surface area contributed by atoms with E-state index < -0.39 is 28.7 Å². The predicted octanol–water partition coefficient (Wildman–Crippen LogP) is 3.10. The van der Waals surface area contributed by atoms with Crippen LogP contribution in [0.15, 0.2) is 47.4 Å². The van der Waals surface area contributed by atoms with E-state index in [1.807, 2.05) is 6.92 Å². The highest BCUT2D eigenvalue weighted by molar-refractivity contribution is 7.92. The van der Waals surface area contributed by atoms with Crippen LogP contribution in [0.5, 0.6) is 5.75 Å². The zero-order chi connectivity index (χ0) is 20.2. The first-order valence-electron chi connectivity index (χ1n) is 7.64. The van der Waals surface area contributed by atoms with Crippen LogP contribution < -0.4 is 14.8 Å². The van der Waals surface area contributed by atoms with Gasteiger partial charge < -0.3 is 10.1 Å². The fourth-order valence-corrected chi connectivity index (χ4v) is 3.22. The van der Waals surface area contributed by atoms with E-state index in [2.05, 4.69) is 4.72 Å². The van der Waals surface area contributed by atoms with Crippen LogP contribution in [-0.2, 0) is 10.0 Å². The Kier molecular flexibility index (Phi) is 5.99. The SMILES string of the molecule is COc1cc(C)ccc1NS(=O)(=O)c1ccc(C(=O)NCC(F)(F)F)cc1. The summed E-state index contributed by atoms with van der Waals surface area (Å²) in [4.78, 5) is 11.5. The molecule has 0 saturated carbocycles. The lowest BCUT2D eigenvalue weighted by atomic mass is 10.2. The molecule has 146 valence electrons. The van der Waals surface area contributed by atoms with Crippen LogP contribution in [-0.4, -0.2) is 34.2 Å². The Hall–Kier alpha value is -2.75. The molecular formula is C17H17F3N2O4S. The zero-order valence-electron chi connectivity index (χ0n) is 14.4. The summed E-state index contributed by atoms with van der Waals surface area (Å²) in [5.74, 6) is -0.619. The Morgan fingerprint density at radius 3 is 2.30 bits per heavy atom. The largest absolute Gasteiger partial charge is 0.495 e. The molecule has 0 fully saturated rings. The van der Waals surface area contributed by atoms with Gasteiger partial charge in [0.1, 0.15) is 12.3 Å². The summed E-state index contributed by atoms with van der Waals surface area (Å²) in [5.41, 5.74) is 1.02. The minimum absolute atomic E-state index is 0.0916. The summed E-state index contributed by atoms with van der Waals surface area (Å²) in [6, 6.07) is 9.43. The molecule has 0 spiro atoms. The first kappa shape index (κ1) is 20.6. The van der Waals surface area contributed by atoms with Crippen LogP contribution in [0.25, 0.3) is 0 Å². The molecule has 0 bridgehead atoms. The van der Waals surface area contributed by atoms with Crippen molar-refractivity contribution in [3.8, 4) is 5.75 Å². The van der Waals surface area contributed by atoms with Gasteiger partial charge in [-0.25, -0.2) is 8.42 Å². The van der Waals surface area contributed by atoms with Gasteiger partial charge in [-0.15, -0.1) is 0 Å². The third-order valence-corrected chi connectivity index (χ3v) is 4.86. The molecule has 2 N–H and O–H groups in total. The van der Waals surface area contributed by atoms with Crippen molar-refractivity contribution in [2.75, 3.05) is 18.4 Å². The molecular weight excluding hydrogens is 385 g/mol. The first-order chi connectivity index (χ1) is 12.5. The second kappa shape index (κ2) is 7.87. The Labute approximate surface area is 154 Å². The van der Waals surface area contributed by atoms with Gasteiger partial charge in [0.25, 0.3) is 15.9 Å². The number of ether oxygens (including phenoxy) is 1. The average molecular weight is 402 g/mol. The molecule has 10 heteroatoms. The van der Waals surface area contributed by atoms with Crippen LogP contribution in [0.3, 0.4) is 0 Å². The van der Waals surface area contributed by atoms with Crippen LogP contribution >= 0.6 is 0 Å². The van der Waals surface area contributed by atoms with Crippen LogP contribution in [0.1, 0.15) is 15.9 Å². The van der Waals surface area contributed by atoms with Crippen molar-refractivity contribution in [3.05, 3.63) is 53.6 Å². The van der Waals surface area contributed by atoms with E-state index in [9.17, 15) is 26.4 Å². The standard InChI is InChI=1S/C17H17F3N2O4S/c1-11-3-8-14(15(9-11)26-2)22-27(24,25)13-6-4-12(5-7-13)16(23)21-10-17(18,19)20/h3-9,22H,10H2,1-2H3,(H,21,23). The Bertz CT molecular complexity index is 926. The van der Waals surface area contributed by atoms with Crippen LogP contribution in [0, 0.1) is 6.92 Å². The molecule has 1 amide bonds. The highest BCUT2D eigenvalue weighted by Crippen LogP contribution is 2.27. The lowest BCUT2D eigenvalue weighted by Crippen LogP contribution is -2.33. The number of benzene rings is 2. The topological polar surface area (TPSA) is 84.5 Å². The van der Waals surface area contributed by atoms with Crippen molar-refractivity contribution in [3.63, 3.8) is 0 Å². The number of alkyl halides is 3. The maximum absolute atomic E-state index is 12.5. The van der Waals surface area contributed by atoms with Crippen molar-refractivity contribution < 1.29 is 31.1 Å². The van der Waals surface area contributed by atoms with Gasteiger partial charge in [0.15, 0.2) is 0 Å². The summed E-state index contributed by atoms with van der Waals surface area (Å²) in [5, 5.41) is 1.71. The van der Waals surface area contributed by atoms with Gasteiger partial charge in [0.2, 0.25) is 0 Å². The van der Waals surface area contributed by atoms with E-state index >= 15 is 0 Å². The molecule has 0 radical (unpaired) electrons. The van der Waals surface area contributed by atoms with Crippen molar-refractivity contribution >= 4 is 21.6 Å². The molecule has 0 saturated heterocycles. The number of methoxy groups -OCH3 is 1. The molecule has 2 aromatic rings. The van der Waals surface area contributed by atoms with E-state index in [4.69, 9.17) is 4.74 Å². The van der Waals surface area contributed by atoms with Crippen LogP contribution in [0.4, 0.5) is 18.9 Å². The molecule has 0 aliphatic carbocycles. The number of halogens is 3. The highest BCUT2D eigenvalue weighted by Gasteiger charge is 2.28. The third-order valence-electron chi connectivity index (χ3n) is 3.48. The quantitative estimate of drug-likeness (QED) is 0.778. The van der Waals surface area contributed by atoms with Gasteiger partial charge in [-0.3, -0.25) is 9.52 Å². The second-order valence-electron chi connectivity index (χ2n) is 5.63. The minimum atomic E-state index is -4.53. The summed E-state index contributed by atoms with van der Waals surface area (Å²) in [6.07, 6.45) is -4.53. The minimum Gasteiger partial charge on any atom is -0.495 e. The number of anilines is 1. The molecule has 0 aromatic heterocycles. The summed E-state index contributed by atoms with van der Waals surface area (Å²) >= 11 is 0. The van der Waals surface area contributed by atoms with Crippen molar-refractivity contribution in [2.45, 2.75) is 18.0 Å². The molecule has 2 rings (SSSR count). The van der Waals surface area contributed by atoms with Crippen molar-refractivity contribution in [1.82, 2.24) is 5.32 Å². The lowest BCUT2D eigenvalue weighted by Gasteiger charge is -2.13. The highest BCUT2D eigenvalue weighted by atomic mass is 32.2. The Morgan fingerprint density at radius 2 is 1.74 bits per heavy atom. The van der Waals surface area contributed by atoms with E-state index in [0.29, 0.717) is 5.75 Å². The van der Waals surface area contributed by atoms with Crippen molar-refractivity contribution in [1.29, 1.82) is 0 Å². The fraction of sp³-hybridized carbons (Fsp3) is 0.235. The zero-order valence-corrected chi connectivity index (χ0v) is 15.2. The van der Waals surface area contributed by atoms with Crippen LogP contribution in [0.2, 0.25) is 0 Å². The van der Waals surface area contributed by atoms with E-state index in [1.165, 1.54) is 7.11 Å². The number of aryl methyl sites for hydroxylation is 1. The van der Waals surface area contributed by atoms with Crippen molar-refractivity contribution in [2.24, 2.45) is 0 Å². The summed E-state index contributed by atoms with van der Waals surface area (Å²) < 4.78 is 68.9. The van der Waals surface area contributed by atoms with Gasteiger partial charge >= 0.3 is 6.18 Å². The fourth-order valence-electron chi connectivity index (χ4n) is 2.15. The predicted molar refractivity (Wildman–Crippen MR) is 93.4 cm³/mol. The van der Waals surface area contributed by atoms with E-state index in [0.717, 1.165) is 29.8 Å². The number of carbonyl (C=O) groups is 1. The van der Waals surface area contributed by atoms with Gasteiger partial charge in [-0.2, -0.15) is 13.2 Å². The second-order valence-corrected chi connectivity index (χ2v) is 7.31. The first-order valence-corrected chi connectivity index (χ1v) is 9.12. The summed E-state index contributed by atoms with van der Waals surface area (Å²) in [6.45, 7) is 0.351. The molecule has 0 aliphatic rings. The van der Waals surface area contributed by atoms with Gasteiger partial charge in [0, 0.05) is 5.56 Å². The maximum atomic E-state index is 12.5. The number of carbonyl (C=O) groups excluding carboxylic acids is 1. The third kappa shape index (κ3) is 5.61.